The number of carbonyl (C=O) groups is 1. The van der Waals surface area contributed by atoms with Crippen LogP contribution in [-0.2, 0) is 4.79 Å². The topological polar surface area (TPSA) is 63.6 Å². The highest BCUT2D eigenvalue weighted by Gasteiger charge is 2.04. The lowest BCUT2D eigenvalue weighted by molar-refractivity contribution is -0.121. The molecule has 0 saturated heterocycles. The molecule has 1 heterocycles. The van der Waals surface area contributed by atoms with Crippen LogP contribution in [0.25, 0.3) is 0 Å². The minimum Gasteiger partial charge on any atom is -0.492 e. The largest absolute Gasteiger partial charge is 0.492 e. The number of hydrogen-bond donors (Lipinski definition) is 1. The molecule has 0 aliphatic rings. The summed E-state index contributed by atoms with van der Waals surface area (Å²) in [6.45, 7) is 0.374. The highest BCUT2D eigenvalue weighted by atomic mass is 35.5. The fourth-order valence-electron chi connectivity index (χ4n) is 1.69. The third kappa shape index (κ3) is 6.26. The van der Waals surface area contributed by atoms with Crippen molar-refractivity contribution in [3.8, 4) is 5.75 Å². The van der Waals surface area contributed by atoms with E-state index in [4.69, 9.17) is 27.9 Å². The molecular weight excluding hydrogens is 337 g/mol. The van der Waals surface area contributed by atoms with Crippen LogP contribution in [-0.4, -0.2) is 23.7 Å². The minimum absolute atomic E-state index is 0.192. The lowest BCUT2D eigenvalue weighted by Crippen LogP contribution is -2.18. The van der Waals surface area contributed by atoms with Gasteiger partial charge in [-0.15, -0.1) is 0 Å². The van der Waals surface area contributed by atoms with Gasteiger partial charge in [-0.3, -0.25) is 9.78 Å². The molecule has 23 heavy (non-hydrogen) atoms. The highest BCUT2D eigenvalue weighted by molar-refractivity contribution is 6.35. The maximum Gasteiger partial charge on any atom is 0.240 e. The van der Waals surface area contributed by atoms with Crippen molar-refractivity contribution in [2.24, 2.45) is 5.10 Å². The van der Waals surface area contributed by atoms with E-state index in [1.54, 1.807) is 30.5 Å². The molecule has 5 nitrogen and oxygen atoms in total. The van der Waals surface area contributed by atoms with Gasteiger partial charge in [-0.2, -0.15) is 5.10 Å². The highest BCUT2D eigenvalue weighted by Crippen LogP contribution is 2.27. The number of rotatable bonds is 7. The van der Waals surface area contributed by atoms with E-state index in [1.807, 2.05) is 12.1 Å². The minimum atomic E-state index is -0.192. The molecule has 7 heteroatoms. The first-order valence-electron chi connectivity index (χ1n) is 6.96. The quantitative estimate of drug-likeness (QED) is 0.470. The van der Waals surface area contributed by atoms with E-state index < -0.39 is 0 Å². The molecule has 2 aromatic rings. The van der Waals surface area contributed by atoms with Gasteiger partial charge in [0, 0.05) is 17.6 Å². The van der Waals surface area contributed by atoms with Gasteiger partial charge < -0.3 is 4.74 Å². The van der Waals surface area contributed by atoms with Crippen molar-refractivity contribution < 1.29 is 9.53 Å². The van der Waals surface area contributed by atoms with E-state index in [-0.39, 0.29) is 5.91 Å². The van der Waals surface area contributed by atoms with E-state index in [9.17, 15) is 4.79 Å². The number of benzene rings is 1. The molecule has 0 saturated carbocycles. The molecule has 0 fully saturated rings. The molecule has 120 valence electrons. The summed E-state index contributed by atoms with van der Waals surface area (Å²) in [4.78, 5) is 15.7. The standard InChI is InChI=1S/C16H15Cl2N3O2/c17-12-6-7-15(14(18)10-12)23-9-3-5-16(22)21-20-11-13-4-1-2-8-19-13/h1-2,4,6-8,10-11H,3,5,9H2,(H,21,22)/b20-11+. The number of ether oxygens (including phenoxy) is 1. The zero-order chi connectivity index (χ0) is 16.5. The van der Waals surface area contributed by atoms with Gasteiger partial charge in [0.2, 0.25) is 5.91 Å². The molecule has 0 radical (unpaired) electrons. The molecule has 1 aromatic heterocycles. The van der Waals surface area contributed by atoms with E-state index in [0.717, 1.165) is 0 Å². The summed E-state index contributed by atoms with van der Waals surface area (Å²) in [6, 6.07) is 10.4. The van der Waals surface area contributed by atoms with Crippen molar-refractivity contribution in [3.63, 3.8) is 0 Å². The van der Waals surface area contributed by atoms with Crippen LogP contribution < -0.4 is 10.2 Å². The van der Waals surface area contributed by atoms with Crippen LogP contribution in [0.4, 0.5) is 0 Å². The van der Waals surface area contributed by atoms with Gasteiger partial charge in [-0.1, -0.05) is 29.3 Å². The lowest BCUT2D eigenvalue weighted by Gasteiger charge is -2.07. The second-order valence-electron chi connectivity index (χ2n) is 4.57. The molecule has 1 aromatic carbocycles. The predicted octanol–water partition coefficient (Wildman–Crippen LogP) is 3.70. The summed E-state index contributed by atoms with van der Waals surface area (Å²) >= 11 is 11.8. The number of hydrazone groups is 1. The Hall–Kier alpha value is -2.11. The summed E-state index contributed by atoms with van der Waals surface area (Å²) in [5.41, 5.74) is 3.11. The number of nitrogens with one attached hydrogen (secondary N) is 1. The van der Waals surface area contributed by atoms with Gasteiger partial charge in [-0.05, 0) is 36.8 Å². The van der Waals surface area contributed by atoms with Gasteiger partial charge in [-0.25, -0.2) is 5.43 Å². The summed E-state index contributed by atoms with van der Waals surface area (Å²) in [7, 11) is 0. The zero-order valence-corrected chi connectivity index (χ0v) is 13.7. The molecule has 0 bridgehead atoms. The summed E-state index contributed by atoms with van der Waals surface area (Å²) in [6.07, 6.45) is 3.99. The molecule has 0 aliphatic heterocycles. The fourth-order valence-corrected chi connectivity index (χ4v) is 2.15. The number of amides is 1. The Labute approximate surface area is 144 Å². The molecule has 0 atom stereocenters. The average molecular weight is 352 g/mol. The van der Waals surface area contributed by atoms with Crippen molar-refractivity contribution >= 4 is 35.3 Å². The number of halogens is 2. The molecule has 0 spiro atoms. The zero-order valence-electron chi connectivity index (χ0n) is 12.2. The Morgan fingerprint density at radius 2 is 2.17 bits per heavy atom. The average Bonchev–Trinajstić information content (AvgIpc) is 2.54. The third-order valence-electron chi connectivity index (χ3n) is 2.77. The van der Waals surface area contributed by atoms with Gasteiger partial charge in [0.1, 0.15) is 5.75 Å². The molecule has 1 amide bonds. The SMILES string of the molecule is O=C(CCCOc1ccc(Cl)cc1Cl)N/N=C/c1ccccn1. The second-order valence-corrected chi connectivity index (χ2v) is 5.42. The lowest BCUT2D eigenvalue weighted by atomic mass is 10.3. The van der Waals surface area contributed by atoms with Gasteiger partial charge in [0.05, 0.1) is 23.5 Å². The maximum atomic E-state index is 11.6. The van der Waals surface area contributed by atoms with Crippen LogP contribution in [0, 0.1) is 0 Å². The second kappa shape index (κ2) is 9.12. The van der Waals surface area contributed by atoms with Crippen molar-refractivity contribution in [1.82, 2.24) is 10.4 Å². The maximum absolute atomic E-state index is 11.6. The monoisotopic (exact) mass is 351 g/mol. The molecule has 2 rings (SSSR count). The van der Waals surface area contributed by atoms with Gasteiger partial charge >= 0.3 is 0 Å². The fraction of sp³-hybridized carbons (Fsp3) is 0.188. The van der Waals surface area contributed by atoms with Crippen molar-refractivity contribution in [2.75, 3.05) is 6.61 Å². The summed E-state index contributed by atoms with van der Waals surface area (Å²) in [5.74, 6) is 0.354. The van der Waals surface area contributed by atoms with Crippen molar-refractivity contribution in [1.29, 1.82) is 0 Å². The number of nitrogens with zero attached hydrogens (tertiary/aromatic N) is 2. The number of hydrogen-bond acceptors (Lipinski definition) is 4. The smallest absolute Gasteiger partial charge is 0.240 e. The van der Waals surface area contributed by atoms with Crippen LogP contribution in [0.2, 0.25) is 10.0 Å². The molecule has 1 N–H and O–H groups in total. The Kier molecular flexibility index (Phi) is 6.84. The Morgan fingerprint density at radius 3 is 2.91 bits per heavy atom. The van der Waals surface area contributed by atoms with Crippen LogP contribution >= 0.6 is 23.2 Å². The van der Waals surface area contributed by atoms with Crippen molar-refractivity contribution in [2.45, 2.75) is 12.8 Å². The van der Waals surface area contributed by atoms with E-state index in [0.29, 0.717) is 40.9 Å². The molecule has 0 aliphatic carbocycles. The Balaban J connectivity index is 1.66. The first-order valence-corrected chi connectivity index (χ1v) is 7.71. The number of pyridine rings is 1. The van der Waals surface area contributed by atoms with E-state index in [1.165, 1.54) is 6.21 Å². The van der Waals surface area contributed by atoms with Crippen LogP contribution in [0.1, 0.15) is 18.5 Å². The van der Waals surface area contributed by atoms with Gasteiger partial charge in [0.25, 0.3) is 0 Å². The Bertz CT molecular complexity index is 678. The summed E-state index contributed by atoms with van der Waals surface area (Å²) in [5, 5.41) is 4.83. The summed E-state index contributed by atoms with van der Waals surface area (Å²) < 4.78 is 5.50. The first-order chi connectivity index (χ1) is 11.1. The van der Waals surface area contributed by atoms with Crippen LogP contribution in [0.3, 0.4) is 0 Å². The number of carbonyl (C=O) groups excluding carboxylic acids is 1. The molecule has 0 unspecified atom stereocenters. The Morgan fingerprint density at radius 1 is 1.30 bits per heavy atom. The first kappa shape index (κ1) is 17.2. The third-order valence-corrected chi connectivity index (χ3v) is 3.30. The van der Waals surface area contributed by atoms with Crippen LogP contribution in [0.5, 0.6) is 5.75 Å². The number of aromatic nitrogens is 1. The van der Waals surface area contributed by atoms with Crippen molar-refractivity contribution in [3.05, 3.63) is 58.3 Å². The van der Waals surface area contributed by atoms with Gasteiger partial charge in [0.15, 0.2) is 0 Å². The van der Waals surface area contributed by atoms with Crippen LogP contribution in [0.15, 0.2) is 47.7 Å². The predicted molar refractivity (Wildman–Crippen MR) is 91.2 cm³/mol. The van der Waals surface area contributed by atoms with E-state index in [2.05, 4.69) is 15.5 Å². The normalized spacial score (nSPS) is 10.7. The van der Waals surface area contributed by atoms with E-state index >= 15 is 0 Å². The molecular formula is C16H15Cl2N3O2.